The zero-order valence-corrected chi connectivity index (χ0v) is 13.3. The lowest BCUT2D eigenvalue weighted by atomic mass is 10.1. The molecule has 2 rings (SSSR count). The van der Waals surface area contributed by atoms with Crippen molar-refractivity contribution in [2.24, 2.45) is 5.92 Å². The van der Waals surface area contributed by atoms with Crippen molar-refractivity contribution >= 4 is 17.4 Å². The second kappa shape index (κ2) is 7.02. The highest BCUT2D eigenvalue weighted by atomic mass is 16.1. The van der Waals surface area contributed by atoms with Gasteiger partial charge in [0.1, 0.15) is 0 Å². The monoisotopic (exact) mass is 298 g/mol. The van der Waals surface area contributed by atoms with Gasteiger partial charge in [0.05, 0.1) is 17.6 Å². The lowest BCUT2D eigenvalue weighted by Crippen LogP contribution is -2.21. The highest BCUT2D eigenvalue weighted by molar-refractivity contribution is 5.91. The summed E-state index contributed by atoms with van der Waals surface area (Å²) in [7, 11) is 0. The van der Waals surface area contributed by atoms with Gasteiger partial charge in [-0.05, 0) is 25.0 Å². The summed E-state index contributed by atoms with van der Waals surface area (Å²) in [5.41, 5.74) is 8.92. The Bertz CT molecular complexity index is 652. The zero-order chi connectivity index (χ0) is 16.1. The molecule has 0 aliphatic carbocycles. The van der Waals surface area contributed by atoms with Crippen LogP contribution in [0, 0.1) is 5.92 Å². The standard InChI is InChI=1S/C17H22N4O/c1-4-11(3)17(22)21-16-14(5-2)20-15(10-19-16)12-6-8-13(18)9-7-12/h6-11H,4-5,18H2,1-3H3,(H,19,21,22). The summed E-state index contributed by atoms with van der Waals surface area (Å²) >= 11 is 0. The van der Waals surface area contributed by atoms with Crippen molar-refractivity contribution in [2.45, 2.75) is 33.6 Å². The van der Waals surface area contributed by atoms with Gasteiger partial charge in [-0.25, -0.2) is 9.97 Å². The molecule has 22 heavy (non-hydrogen) atoms. The van der Waals surface area contributed by atoms with E-state index in [1.165, 1.54) is 0 Å². The van der Waals surface area contributed by atoms with Crippen LogP contribution in [-0.2, 0) is 11.2 Å². The topological polar surface area (TPSA) is 80.9 Å². The molecule has 0 aliphatic rings. The van der Waals surface area contributed by atoms with E-state index in [2.05, 4.69) is 15.3 Å². The first kappa shape index (κ1) is 15.9. The molecule has 116 valence electrons. The molecular formula is C17H22N4O. The lowest BCUT2D eigenvalue weighted by Gasteiger charge is -2.12. The van der Waals surface area contributed by atoms with Gasteiger partial charge in [0.15, 0.2) is 5.82 Å². The van der Waals surface area contributed by atoms with Gasteiger partial charge in [0, 0.05) is 17.2 Å². The fourth-order valence-electron chi connectivity index (χ4n) is 2.00. The Morgan fingerprint density at radius 2 is 1.95 bits per heavy atom. The summed E-state index contributed by atoms with van der Waals surface area (Å²) < 4.78 is 0. The number of nitrogen functional groups attached to an aromatic ring is 1. The van der Waals surface area contributed by atoms with Crippen molar-refractivity contribution in [3.05, 3.63) is 36.2 Å². The molecule has 1 heterocycles. The fraction of sp³-hybridized carbons (Fsp3) is 0.353. The molecule has 2 aromatic rings. The van der Waals surface area contributed by atoms with Gasteiger partial charge < -0.3 is 11.1 Å². The van der Waals surface area contributed by atoms with Crippen LogP contribution in [0.5, 0.6) is 0 Å². The van der Waals surface area contributed by atoms with Crippen molar-refractivity contribution < 1.29 is 4.79 Å². The quantitative estimate of drug-likeness (QED) is 0.830. The highest BCUT2D eigenvalue weighted by Gasteiger charge is 2.14. The molecule has 5 nitrogen and oxygen atoms in total. The van der Waals surface area contributed by atoms with Crippen LogP contribution >= 0.6 is 0 Å². The molecular weight excluding hydrogens is 276 g/mol. The molecule has 1 atom stereocenters. The van der Waals surface area contributed by atoms with E-state index in [9.17, 15) is 4.79 Å². The number of aryl methyl sites for hydroxylation is 1. The van der Waals surface area contributed by atoms with Crippen LogP contribution < -0.4 is 11.1 Å². The molecule has 1 aromatic heterocycles. The summed E-state index contributed by atoms with van der Waals surface area (Å²) in [6, 6.07) is 7.49. The van der Waals surface area contributed by atoms with E-state index < -0.39 is 0 Å². The maximum Gasteiger partial charge on any atom is 0.228 e. The Morgan fingerprint density at radius 3 is 2.55 bits per heavy atom. The molecule has 0 fully saturated rings. The van der Waals surface area contributed by atoms with Crippen molar-refractivity contribution in [3.8, 4) is 11.3 Å². The number of rotatable bonds is 5. The number of benzene rings is 1. The average molecular weight is 298 g/mol. The molecule has 0 spiro atoms. The van der Waals surface area contributed by atoms with E-state index in [-0.39, 0.29) is 11.8 Å². The van der Waals surface area contributed by atoms with Gasteiger partial charge in [-0.15, -0.1) is 0 Å². The number of amides is 1. The van der Waals surface area contributed by atoms with Crippen LogP contribution in [0.25, 0.3) is 11.3 Å². The van der Waals surface area contributed by atoms with Crippen LogP contribution in [0.15, 0.2) is 30.5 Å². The first-order valence-electron chi connectivity index (χ1n) is 7.57. The Kier molecular flexibility index (Phi) is 5.09. The predicted octanol–water partition coefficient (Wildman–Crippen LogP) is 3.27. The molecule has 5 heteroatoms. The third-order valence-electron chi connectivity index (χ3n) is 3.69. The van der Waals surface area contributed by atoms with E-state index in [1.54, 1.807) is 6.20 Å². The van der Waals surface area contributed by atoms with Crippen molar-refractivity contribution in [1.82, 2.24) is 9.97 Å². The Balaban J connectivity index is 2.28. The summed E-state index contributed by atoms with van der Waals surface area (Å²) in [6.45, 7) is 5.88. The predicted molar refractivity (Wildman–Crippen MR) is 89.3 cm³/mol. The first-order valence-corrected chi connectivity index (χ1v) is 7.57. The van der Waals surface area contributed by atoms with Gasteiger partial charge in [-0.1, -0.05) is 32.9 Å². The fourth-order valence-corrected chi connectivity index (χ4v) is 2.00. The Morgan fingerprint density at radius 1 is 1.27 bits per heavy atom. The largest absolute Gasteiger partial charge is 0.399 e. The van der Waals surface area contributed by atoms with Gasteiger partial charge in [-0.2, -0.15) is 0 Å². The molecule has 3 N–H and O–H groups in total. The molecule has 1 unspecified atom stereocenters. The third-order valence-corrected chi connectivity index (χ3v) is 3.69. The Hall–Kier alpha value is -2.43. The normalized spacial score (nSPS) is 12.0. The second-order valence-electron chi connectivity index (χ2n) is 5.32. The van der Waals surface area contributed by atoms with Crippen LogP contribution in [0.4, 0.5) is 11.5 Å². The maximum atomic E-state index is 12.0. The number of carbonyl (C=O) groups excluding carboxylic acids is 1. The molecule has 0 saturated carbocycles. The van der Waals surface area contributed by atoms with Gasteiger partial charge in [0.2, 0.25) is 5.91 Å². The van der Waals surface area contributed by atoms with E-state index in [0.29, 0.717) is 17.9 Å². The number of nitrogens with one attached hydrogen (secondary N) is 1. The highest BCUT2D eigenvalue weighted by Crippen LogP contribution is 2.21. The molecule has 0 radical (unpaired) electrons. The summed E-state index contributed by atoms with van der Waals surface area (Å²) in [5.74, 6) is 0.488. The Labute approximate surface area is 131 Å². The average Bonchev–Trinajstić information content (AvgIpc) is 2.55. The maximum absolute atomic E-state index is 12.0. The van der Waals surface area contributed by atoms with Crippen molar-refractivity contribution in [1.29, 1.82) is 0 Å². The number of carbonyl (C=O) groups is 1. The minimum Gasteiger partial charge on any atom is -0.399 e. The number of nitrogens with zero attached hydrogens (tertiary/aromatic N) is 2. The van der Waals surface area contributed by atoms with Crippen LogP contribution in [0.2, 0.25) is 0 Å². The SMILES string of the molecule is CCc1nc(-c2ccc(N)cc2)cnc1NC(=O)C(C)CC. The molecule has 0 bridgehead atoms. The number of aromatic nitrogens is 2. The van der Waals surface area contributed by atoms with Gasteiger partial charge in [-0.3, -0.25) is 4.79 Å². The first-order chi connectivity index (χ1) is 10.5. The van der Waals surface area contributed by atoms with Crippen molar-refractivity contribution in [3.63, 3.8) is 0 Å². The minimum atomic E-state index is -0.0386. The van der Waals surface area contributed by atoms with E-state index in [4.69, 9.17) is 5.73 Å². The number of anilines is 2. The van der Waals surface area contributed by atoms with Gasteiger partial charge >= 0.3 is 0 Å². The lowest BCUT2D eigenvalue weighted by molar-refractivity contribution is -0.119. The second-order valence-corrected chi connectivity index (χ2v) is 5.32. The molecule has 1 aromatic carbocycles. The molecule has 0 aliphatic heterocycles. The minimum absolute atomic E-state index is 0.0215. The van der Waals surface area contributed by atoms with Crippen LogP contribution in [-0.4, -0.2) is 15.9 Å². The number of nitrogens with two attached hydrogens (primary N) is 1. The van der Waals surface area contributed by atoms with Crippen molar-refractivity contribution in [2.75, 3.05) is 11.1 Å². The number of hydrogen-bond donors (Lipinski definition) is 2. The number of hydrogen-bond acceptors (Lipinski definition) is 4. The van der Waals surface area contributed by atoms with E-state index >= 15 is 0 Å². The van der Waals surface area contributed by atoms with Crippen LogP contribution in [0.3, 0.4) is 0 Å². The molecule has 1 amide bonds. The van der Waals surface area contributed by atoms with E-state index in [1.807, 2.05) is 45.0 Å². The van der Waals surface area contributed by atoms with E-state index in [0.717, 1.165) is 23.4 Å². The van der Waals surface area contributed by atoms with Crippen LogP contribution in [0.1, 0.15) is 32.9 Å². The zero-order valence-electron chi connectivity index (χ0n) is 13.3. The summed E-state index contributed by atoms with van der Waals surface area (Å²) in [6.07, 6.45) is 3.17. The summed E-state index contributed by atoms with van der Waals surface area (Å²) in [5, 5.41) is 2.87. The van der Waals surface area contributed by atoms with Gasteiger partial charge in [0.25, 0.3) is 0 Å². The summed E-state index contributed by atoms with van der Waals surface area (Å²) in [4.78, 5) is 21.0. The smallest absolute Gasteiger partial charge is 0.228 e. The molecule has 0 saturated heterocycles. The third kappa shape index (κ3) is 3.61.